The van der Waals surface area contributed by atoms with Crippen LogP contribution in [0.2, 0.25) is 0 Å². The van der Waals surface area contributed by atoms with Crippen LogP contribution in [0.4, 0.5) is 0 Å². The van der Waals surface area contributed by atoms with Gasteiger partial charge in [-0.15, -0.1) is 0 Å². The van der Waals surface area contributed by atoms with E-state index in [0.717, 1.165) is 43.4 Å². The highest BCUT2D eigenvalue weighted by Crippen LogP contribution is 2.60. The highest BCUT2D eigenvalue weighted by atomic mass is 16.2. The molecule has 4 nitrogen and oxygen atoms in total. The van der Waals surface area contributed by atoms with E-state index in [1.165, 1.54) is 19.3 Å². The van der Waals surface area contributed by atoms with Gasteiger partial charge in [-0.25, -0.2) is 0 Å². The van der Waals surface area contributed by atoms with Crippen LogP contribution in [-0.2, 0) is 9.59 Å². The average Bonchev–Trinajstić information content (AvgIpc) is 2.45. The molecule has 4 fully saturated rings. The highest BCUT2D eigenvalue weighted by Gasteiger charge is 2.54. The molecule has 4 bridgehead atoms. The van der Waals surface area contributed by atoms with Gasteiger partial charge in [-0.3, -0.25) is 9.59 Å². The lowest BCUT2D eigenvalue weighted by Gasteiger charge is -2.55. The van der Waals surface area contributed by atoms with E-state index in [1.807, 2.05) is 6.92 Å². The van der Waals surface area contributed by atoms with Crippen molar-refractivity contribution in [3.63, 3.8) is 0 Å². The van der Waals surface area contributed by atoms with E-state index in [9.17, 15) is 9.59 Å². The maximum absolute atomic E-state index is 12.7. The van der Waals surface area contributed by atoms with Gasteiger partial charge in [0.1, 0.15) is 0 Å². The summed E-state index contributed by atoms with van der Waals surface area (Å²) in [6, 6.07) is 0.214. The Kier molecular flexibility index (Phi) is 4.47. The first-order chi connectivity index (χ1) is 10.5. The molecule has 0 saturated heterocycles. The quantitative estimate of drug-likeness (QED) is 0.792. The summed E-state index contributed by atoms with van der Waals surface area (Å²) >= 11 is 0. The fraction of sp³-hybridized carbons (Fsp3) is 0.889. The van der Waals surface area contributed by atoms with Crippen molar-refractivity contribution in [3.05, 3.63) is 0 Å². The second-order valence-electron chi connectivity index (χ2n) is 8.08. The zero-order chi connectivity index (χ0) is 15.7. The van der Waals surface area contributed by atoms with Crippen molar-refractivity contribution in [2.45, 2.75) is 71.3 Å². The van der Waals surface area contributed by atoms with Crippen LogP contribution in [0.3, 0.4) is 0 Å². The predicted octanol–water partition coefficient (Wildman–Crippen LogP) is 2.62. The first kappa shape index (κ1) is 15.8. The van der Waals surface area contributed by atoms with E-state index in [-0.39, 0.29) is 23.3 Å². The molecule has 0 aromatic rings. The van der Waals surface area contributed by atoms with E-state index in [1.54, 1.807) is 0 Å². The third kappa shape index (κ3) is 3.16. The lowest BCUT2D eigenvalue weighted by molar-refractivity contribution is -0.146. The Hall–Kier alpha value is -1.06. The predicted molar refractivity (Wildman–Crippen MR) is 86.1 cm³/mol. The maximum atomic E-state index is 12.7. The van der Waals surface area contributed by atoms with Crippen molar-refractivity contribution in [1.29, 1.82) is 0 Å². The average molecular weight is 306 g/mol. The first-order valence-corrected chi connectivity index (χ1v) is 9.08. The summed E-state index contributed by atoms with van der Waals surface area (Å²) in [5.41, 5.74) is -0.0953. The largest absolute Gasteiger partial charge is 0.355 e. The molecular weight excluding hydrogens is 276 g/mol. The van der Waals surface area contributed by atoms with E-state index in [2.05, 4.69) is 17.6 Å². The lowest BCUT2D eigenvalue weighted by atomic mass is 9.49. The van der Waals surface area contributed by atoms with Crippen molar-refractivity contribution >= 4 is 11.8 Å². The topological polar surface area (TPSA) is 58.2 Å². The fourth-order valence-electron chi connectivity index (χ4n) is 5.31. The standard InChI is InChI=1S/C18H30N2O2/c1-3-12(2)20-16(21)4-5-19-17(22)18-9-13-6-14(10-18)8-15(7-13)11-18/h12-15H,3-11H2,1-2H3,(H,19,22)(H,20,21). The summed E-state index contributed by atoms with van der Waals surface area (Å²) in [4.78, 5) is 24.5. The fourth-order valence-corrected chi connectivity index (χ4v) is 5.31. The SMILES string of the molecule is CCC(C)NC(=O)CCNC(=O)C12CC3CC(CC(C3)C1)C2. The second-order valence-corrected chi connectivity index (χ2v) is 8.08. The molecular formula is C18H30N2O2. The Balaban J connectivity index is 1.47. The van der Waals surface area contributed by atoms with Gasteiger partial charge in [0.05, 0.1) is 0 Å². The number of hydrogen-bond acceptors (Lipinski definition) is 2. The first-order valence-electron chi connectivity index (χ1n) is 9.08. The van der Waals surface area contributed by atoms with Gasteiger partial charge in [0, 0.05) is 24.4 Å². The monoisotopic (exact) mass is 306 g/mol. The van der Waals surface area contributed by atoms with E-state index in [0.29, 0.717) is 13.0 Å². The van der Waals surface area contributed by atoms with Gasteiger partial charge in [-0.1, -0.05) is 6.92 Å². The maximum Gasteiger partial charge on any atom is 0.226 e. The van der Waals surface area contributed by atoms with Crippen LogP contribution in [0.15, 0.2) is 0 Å². The van der Waals surface area contributed by atoms with Crippen LogP contribution in [0.5, 0.6) is 0 Å². The van der Waals surface area contributed by atoms with Crippen LogP contribution in [-0.4, -0.2) is 24.4 Å². The summed E-state index contributed by atoms with van der Waals surface area (Å²) in [5.74, 6) is 2.62. The molecule has 4 aliphatic rings. The Morgan fingerprint density at radius 3 is 2.14 bits per heavy atom. The normalized spacial score (nSPS) is 36.9. The third-order valence-electron chi connectivity index (χ3n) is 6.18. The van der Waals surface area contributed by atoms with Gasteiger partial charge in [0.25, 0.3) is 0 Å². The number of amides is 2. The smallest absolute Gasteiger partial charge is 0.226 e. The molecule has 124 valence electrons. The number of nitrogens with one attached hydrogen (secondary N) is 2. The Bertz CT molecular complexity index is 411. The Labute approximate surface area is 133 Å². The van der Waals surface area contributed by atoms with Gasteiger partial charge in [-0.05, 0) is 69.6 Å². The minimum Gasteiger partial charge on any atom is -0.355 e. The zero-order valence-corrected chi connectivity index (χ0v) is 14.0. The summed E-state index contributed by atoms with van der Waals surface area (Å²) in [5, 5.41) is 6.01. The molecule has 4 rings (SSSR count). The minimum atomic E-state index is -0.0953. The minimum absolute atomic E-state index is 0.0418. The van der Waals surface area contributed by atoms with Gasteiger partial charge in [-0.2, -0.15) is 0 Å². The van der Waals surface area contributed by atoms with Crippen LogP contribution in [0.1, 0.15) is 65.2 Å². The lowest BCUT2D eigenvalue weighted by Crippen LogP contribution is -2.53. The Morgan fingerprint density at radius 2 is 1.64 bits per heavy atom. The van der Waals surface area contributed by atoms with E-state index in [4.69, 9.17) is 0 Å². The van der Waals surface area contributed by atoms with Crippen LogP contribution in [0.25, 0.3) is 0 Å². The van der Waals surface area contributed by atoms with Gasteiger partial charge in [0.2, 0.25) is 11.8 Å². The number of carbonyl (C=O) groups excluding carboxylic acids is 2. The van der Waals surface area contributed by atoms with Crippen LogP contribution < -0.4 is 10.6 Å². The van der Waals surface area contributed by atoms with Crippen LogP contribution in [0, 0.1) is 23.2 Å². The van der Waals surface area contributed by atoms with E-state index >= 15 is 0 Å². The third-order valence-corrected chi connectivity index (χ3v) is 6.18. The molecule has 0 aromatic heterocycles. The highest BCUT2D eigenvalue weighted by molar-refractivity contribution is 5.84. The molecule has 4 saturated carbocycles. The molecule has 2 amide bonds. The molecule has 4 heteroatoms. The Morgan fingerprint density at radius 1 is 1.09 bits per heavy atom. The molecule has 0 radical (unpaired) electrons. The molecule has 22 heavy (non-hydrogen) atoms. The van der Waals surface area contributed by atoms with Crippen molar-refractivity contribution in [3.8, 4) is 0 Å². The number of carbonyl (C=O) groups is 2. The van der Waals surface area contributed by atoms with Crippen molar-refractivity contribution in [2.24, 2.45) is 23.2 Å². The van der Waals surface area contributed by atoms with Crippen molar-refractivity contribution < 1.29 is 9.59 Å². The van der Waals surface area contributed by atoms with Gasteiger partial charge >= 0.3 is 0 Å². The molecule has 0 aromatic carbocycles. The van der Waals surface area contributed by atoms with Gasteiger partial charge < -0.3 is 10.6 Å². The van der Waals surface area contributed by atoms with Crippen molar-refractivity contribution in [1.82, 2.24) is 10.6 Å². The molecule has 0 spiro atoms. The number of rotatable bonds is 6. The van der Waals surface area contributed by atoms with E-state index < -0.39 is 0 Å². The molecule has 1 unspecified atom stereocenters. The summed E-state index contributed by atoms with van der Waals surface area (Å²) < 4.78 is 0. The summed E-state index contributed by atoms with van der Waals surface area (Å²) in [6.45, 7) is 4.54. The van der Waals surface area contributed by atoms with Crippen LogP contribution >= 0.6 is 0 Å². The molecule has 0 aliphatic heterocycles. The summed E-state index contributed by atoms with van der Waals surface area (Å²) in [7, 11) is 0. The zero-order valence-electron chi connectivity index (χ0n) is 14.0. The molecule has 2 N–H and O–H groups in total. The second kappa shape index (κ2) is 6.21. The molecule has 4 aliphatic carbocycles. The van der Waals surface area contributed by atoms with Gasteiger partial charge in [0.15, 0.2) is 0 Å². The number of hydrogen-bond donors (Lipinski definition) is 2. The summed E-state index contributed by atoms with van der Waals surface area (Å²) in [6.07, 6.45) is 8.64. The molecule has 0 heterocycles. The molecule has 1 atom stereocenters. The van der Waals surface area contributed by atoms with Crippen molar-refractivity contribution in [2.75, 3.05) is 6.54 Å².